The van der Waals surface area contributed by atoms with Crippen molar-refractivity contribution in [1.29, 1.82) is 5.26 Å². The van der Waals surface area contributed by atoms with E-state index in [9.17, 15) is 8.42 Å². The summed E-state index contributed by atoms with van der Waals surface area (Å²) in [4.78, 5) is 3.90. The van der Waals surface area contributed by atoms with Gasteiger partial charge < -0.3 is 0 Å². The van der Waals surface area contributed by atoms with Crippen molar-refractivity contribution in [3.8, 4) is 6.07 Å². The van der Waals surface area contributed by atoms with Gasteiger partial charge in [-0.15, -0.1) is 0 Å². The van der Waals surface area contributed by atoms with Crippen molar-refractivity contribution < 1.29 is 8.42 Å². The van der Waals surface area contributed by atoms with Crippen LogP contribution in [0, 0.1) is 25.2 Å². The number of hydrogen-bond donors (Lipinski definition) is 1. The Hall–Kier alpha value is -2.23. The van der Waals surface area contributed by atoms with Gasteiger partial charge in [0.25, 0.3) is 0 Å². The van der Waals surface area contributed by atoms with Crippen molar-refractivity contribution in [1.82, 2.24) is 9.71 Å². The fourth-order valence-corrected chi connectivity index (χ4v) is 3.11. The lowest BCUT2D eigenvalue weighted by Crippen LogP contribution is -2.24. The van der Waals surface area contributed by atoms with Gasteiger partial charge in [0.2, 0.25) is 10.0 Å². The number of sulfonamides is 1. The van der Waals surface area contributed by atoms with Crippen molar-refractivity contribution in [3.63, 3.8) is 0 Å². The third kappa shape index (κ3) is 4.38. The molecule has 0 unspecified atom stereocenters. The highest BCUT2D eigenvalue weighted by atomic mass is 32.2. The maximum Gasteiger partial charge on any atom is 0.216 e. The highest BCUT2D eigenvalue weighted by Gasteiger charge is 2.12. The van der Waals surface area contributed by atoms with Crippen molar-refractivity contribution in [2.45, 2.75) is 26.1 Å². The highest BCUT2D eigenvalue weighted by Crippen LogP contribution is 2.12. The number of pyridine rings is 1. The summed E-state index contributed by atoms with van der Waals surface area (Å²) < 4.78 is 26.8. The van der Waals surface area contributed by atoms with Gasteiger partial charge in [-0.1, -0.05) is 18.2 Å². The molecule has 1 heterocycles. The lowest BCUT2D eigenvalue weighted by molar-refractivity contribution is 0.580. The second-order valence-electron chi connectivity index (χ2n) is 5.19. The molecule has 0 bridgehead atoms. The highest BCUT2D eigenvalue weighted by molar-refractivity contribution is 7.88. The molecule has 1 N–H and O–H groups in total. The molecule has 114 valence electrons. The van der Waals surface area contributed by atoms with Crippen LogP contribution >= 0.6 is 0 Å². The molecule has 0 saturated carbocycles. The monoisotopic (exact) mass is 315 g/mol. The summed E-state index contributed by atoms with van der Waals surface area (Å²) in [7, 11) is -3.44. The van der Waals surface area contributed by atoms with E-state index in [1.165, 1.54) is 6.20 Å². The summed E-state index contributed by atoms with van der Waals surface area (Å²) in [5.74, 6) is -0.0700. The zero-order valence-corrected chi connectivity index (χ0v) is 13.3. The van der Waals surface area contributed by atoms with Crippen molar-refractivity contribution >= 4 is 10.0 Å². The Morgan fingerprint density at radius 2 is 1.91 bits per heavy atom. The topological polar surface area (TPSA) is 82.8 Å². The average molecular weight is 315 g/mol. The Morgan fingerprint density at radius 1 is 1.14 bits per heavy atom. The van der Waals surface area contributed by atoms with Crippen LogP contribution in [0.1, 0.15) is 27.8 Å². The minimum absolute atomic E-state index is 0.0700. The second kappa shape index (κ2) is 6.69. The van der Waals surface area contributed by atoms with Crippen LogP contribution in [0.4, 0.5) is 0 Å². The van der Waals surface area contributed by atoms with Crippen molar-refractivity contribution in [2.75, 3.05) is 0 Å². The molecular weight excluding hydrogens is 298 g/mol. The molecule has 2 rings (SSSR count). The summed E-state index contributed by atoms with van der Waals surface area (Å²) in [6, 6.07) is 9.21. The number of benzene rings is 1. The van der Waals surface area contributed by atoms with Gasteiger partial charge in [-0.25, -0.2) is 13.1 Å². The number of nitrogens with one attached hydrogen (secondary N) is 1. The standard InChI is InChI=1S/C16H17N3O2S/c1-12-3-4-14(5-13(12)2)11-22(20,21)19-10-16-6-15(7-17)8-18-9-16/h3-6,8-9,19H,10-11H2,1-2H3. The Labute approximate surface area is 130 Å². The summed E-state index contributed by atoms with van der Waals surface area (Å²) in [5, 5.41) is 8.80. The van der Waals surface area contributed by atoms with E-state index in [1.54, 1.807) is 12.3 Å². The number of hydrogen-bond acceptors (Lipinski definition) is 4. The summed E-state index contributed by atoms with van der Waals surface area (Å²) in [6.45, 7) is 4.06. The quantitative estimate of drug-likeness (QED) is 0.917. The normalized spacial score (nSPS) is 11.1. The Bertz CT molecular complexity index is 824. The molecule has 6 heteroatoms. The Balaban J connectivity index is 2.04. The van der Waals surface area contributed by atoms with Crippen LogP contribution in [-0.2, 0) is 22.3 Å². The van der Waals surface area contributed by atoms with E-state index in [2.05, 4.69) is 9.71 Å². The Kier molecular flexibility index (Phi) is 4.91. The van der Waals surface area contributed by atoms with E-state index < -0.39 is 10.0 Å². The minimum atomic E-state index is -3.44. The van der Waals surface area contributed by atoms with Gasteiger partial charge in [0.05, 0.1) is 11.3 Å². The van der Waals surface area contributed by atoms with Gasteiger partial charge in [0.1, 0.15) is 6.07 Å². The molecule has 0 aliphatic rings. The average Bonchev–Trinajstić information content (AvgIpc) is 2.49. The predicted octanol–water partition coefficient (Wildman–Crippen LogP) is 2.19. The third-order valence-electron chi connectivity index (χ3n) is 3.35. The van der Waals surface area contributed by atoms with E-state index in [0.29, 0.717) is 11.1 Å². The fourth-order valence-electron chi connectivity index (χ4n) is 2.00. The van der Waals surface area contributed by atoms with Gasteiger partial charge in [0.15, 0.2) is 0 Å². The van der Waals surface area contributed by atoms with Crippen molar-refractivity contribution in [3.05, 3.63) is 64.5 Å². The smallest absolute Gasteiger partial charge is 0.216 e. The van der Waals surface area contributed by atoms with Crippen LogP contribution in [0.5, 0.6) is 0 Å². The van der Waals surface area contributed by atoms with E-state index in [0.717, 1.165) is 16.7 Å². The van der Waals surface area contributed by atoms with Crippen LogP contribution in [0.25, 0.3) is 0 Å². The fraction of sp³-hybridized carbons (Fsp3) is 0.250. The lowest BCUT2D eigenvalue weighted by Gasteiger charge is -2.08. The molecule has 1 aromatic heterocycles. The number of nitrogens with zero attached hydrogens (tertiary/aromatic N) is 2. The molecule has 0 amide bonds. The maximum atomic E-state index is 12.1. The van der Waals surface area contributed by atoms with Gasteiger partial charge in [-0.05, 0) is 42.2 Å². The van der Waals surface area contributed by atoms with Gasteiger partial charge in [0, 0.05) is 18.9 Å². The van der Waals surface area contributed by atoms with Crippen LogP contribution in [0.3, 0.4) is 0 Å². The minimum Gasteiger partial charge on any atom is -0.263 e. The van der Waals surface area contributed by atoms with Gasteiger partial charge in [-0.3, -0.25) is 4.98 Å². The Morgan fingerprint density at radius 3 is 2.59 bits per heavy atom. The number of nitriles is 1. The summed E-state index contributed by atoms with van der Waals surface area (Å²) >= 11 is 0. The van der Waals surface area contributed by atoms with E-state index in [-0.39, 0.29) is 12.3 Å². The first-order valence-electron chi connectivity index (χ1n) is 6.77. The molecule has 0 aliphatic carbocycles. The molecular formula is C16H17N3O2S. The summed E-state index contributed by atoms with van der Waals surface area (Å²) in [5.41, 5.74) is 4.01. The SMILES string of the molecule is Cc1ccc(CS(=O)(=O)NCc2cncc(C#N)c2)cc1C. The molecule has 22 heavy (non-hydrogen) atoms. The van der Waals surface area contributed by atoms with Gasteiger partial charge >= 0.3 is 0 Å². The van der Waals surface area contributed by atoms with Crippen LogP contribution in [0.15, 0.2) is 36.7 Å². The third-order valence-corrected chi connectivity index (χ3v) is 4.65. The molecule has 0 fully saturated rings. The summed E-state index contributed by atoms with van der Waals surface area (Å²) in [6.07, 6.45) is 2.98. The number of aryl methyl sites for hydroxylation is 2. The van der Waals surface area contributed by atoms with Crippen LogP contribution in [0.2, 0.25) is 0 Å². The van der Waals surface area contributed by atoms with Crippen molar-refractivity contribution in [2.24, 2.45) is 0 Å². The first kappa shape index (κ1) is 16.1. The molecule has 0 spiro atoms. The van der Waals surface area contributed by atoms with Gasteiger partial charge in [-0.2, -0.15) is 5.26 Å². The number of rotatable bonds is 5. The molecule has 2 aromatic rings. The molecule has 1 aromatic carbocycles. The van der Waals surface area contributed by atoms with Crippen LogP contribution in [-0.4, -0.2) is 13.4 Å². The van der Waals surface area contributed by atoms with E-state index in [1.807, 2.05) is 38.1 Å². The maximum absolute atomic E-state index is 12.1. The molecule has 0 saturated heterocycles. The lowest BCUT2D eigenvalue weighted by atomic mass is 10.1. The molecule has 5 nitrogen and oxygen atoms in total. The molecule has 0 atom stereocenters. The van der Waals surface area contributed by atoms with E-state index >= 15 is 0 Å². The molecule has 0 aliphatic heterocycles. The first-order valence-corrected chi connectivity index (χ1v) is 8.42. The molecule has 0 radical (unpaired) electrons. The largest absolute Gasteiger partial charge is 0.263 e. The zero-order valence-electron chi connectivity index (χ0n) is 12.5. The van der Waals surface area contributed by atoms with E-state index in [4.69, 9.17) is 5.26 Å². The predicted molar refractivity (Wildman–Crippen MR) is 84.3 cm³/mol. The zero-order chi connectivity index (χ0) is 16.2. The van der Waals surface area contributed by atoms with Crippen LogP contribution < -0.4 is 4.72 Å². The second-order valence-corrected chi connectivity index (χ2v) is 7.00. The first-order chi connectivity index (χ1) is 10.4. The number of aromatic nitrogens is 1.